The van der Waals surface area contributed by atoms with Gasteiger partial charge in [-0.2, -0.15) is 0 Å². The Kier molecular flexibility index (Phi) is 5.10. The Balaban J connectivity index is 2.50. The highest BCUT2D eigenvalue weighted by molar-refractivity contribution is 4.99. The van der Waals surface area contributed by atoms with E-state index in [4.69, 9.17) is 15.2 Å². The zero-order valence-electron chi connectivity index (χ0n) is 9.71. The Bertz CT molecular complexity index is 236. The van der Waals surface area contributed by atoms with Gasteiger partial charge in [0.1, 0.15) is 0 Å². The third kappa shape index (κ3) is 3.20. The molecule has 0 saturated carbocycles. The third-order valence-electron chi connectivity index (χ3n) is 3.18. The molecule has 0 aliphatic carbocycles. The molecular weight excluding hydrogens is 190 g/mol. The van der Waals surface area contributed by atoms with Crippen LogP contribution in [0.25, 0.3) is 0 Å². The molecule has 1 heterocycles. The first kappa shape index (κ1) is 12.5. The molecule has 15 heavy (non-hydrogen) atoms. The van der Waals surface area contributed by atoms with E-state index in [-0.39, 0.29) is 11.6 Å². The number of hydrogen-bond acceptors (Lipinski definition) is 3. The summed E-state index contributed by atoms with van der Waals surface area (Å²) in [6, 6.07) is 0.0623. The summed E-state index contributed by atoms with van der Waals surface area (Å²) in [5.74, 6) is 5.93. The first-order valence-electron chi connectivity index (χ1n) is 5.53. The van der Waals surface area contributed by atoms with Crippen molar-refractivity contribution in [1.29, 1.82) is 0 Å². The Morgan fingerprint density at radius 1 is 1.47 bits per heavy atom. The van der Waals surface area contributed by atoms with Crippen LogP contribution in [0, 0.1) is 11.8 Å². The van der Waals surface area contributed by atoms with Gasteiger partial charge < -0.3 is 15.2 Å². The van der Waals surface area contributed by atoms with Gasteiger partial charge in [-0.05, 0) is 13.3 Å². The molecule has 1 fully saturated rings. The van der Waals surface area contributed by atoms with E-state index in [9.17, 15) is 0 Å². The minimum absolute atomic E-state index is 0.0623. The average molecular weight is 211 g/mol. The summed E-state index contributed by atoms with van der Waals surface area (Å²) in [6.07, 6.45) is 3.53. The monoisotopic (exact) mass is 211 g/mol. The highest BCUT2D eigenvalue weighted by atomic mass is 16.5. The van der Waals surface area contributed by atoms with Gasteiger partial charge in [0.25, 0.3) is 0 Å². The summed E-state index contributed by atoms with van der Waals surface area (Å²) in [4.78, 5) is 0. The fourth-order valence-corrected chi connectivity index (χ4v) is 2.06. The molecule has 0 spiro atoms. The van der Waals surface area contributed by atoms with E-state index < -0.39 is 0 Å². The highest BCUT2D eigenvalue weighted by Crippen LogP contribution is 2.29. The molecule has 3 heteroatoms. The quantitative estimate of drug-likeness (QED) is 0.713. The van der Waals surface area contributed by atoms with E-state index in [1.165, 1.54) is 0 Å². The minimum atomic E-state index is -0.187. The van der Waals surface area contributed by atoms with Crippen LogP contribution < -0.4 is 5.73 Å². The summed E-state index contributed by atoms with van der Waals surface area (Å²) in [5.41, 5.74) is 6.00. The van der Waals surface area contributed by atoms with Crippen LogP contribution in [-0.4, -0.2) is 32.0 Å². The van der Waals surface area contributed by atoms with Crippen LogP contribution in [0.4, 0.5) is 0 Å². The molecule has 0 aromatic carbocycles. The average Bonchev–Trinajstić information content (AvgIpc) is 2.30. The van der Waals surface area contributed by atoms with Gasteiger partial charge in [0.2, 0.25) is 0 Å². The third-order valence-corrected chi connectivity index (χ3v) is 3.18. The molecule has 1 unspecified atom stereocenters. The van der Waals surface area contributed by atoms with E-state index in [1.54, 1.807) is 7.11 Å². The van der Waals surface area contributed by atoms with Gasteiger partial charge in [0.15, 0.2) is 0 Å². The summed E-state index contributed by atoms with van der Waals surface area (Å²) in [6.45, 7) is 3.36. The summed E-state index contributed by atoms with van der Waals surface area (Å²) in [5, 5.41) is 0. The maximum atomic E-state index is 6.19. The van der Waals surface area contributed by atoms with Crippen LogP contribution in [0.2, 0.25) is 0 Å². The first-order valence-corrected chi connectivity index (χ1v) is 5.53. The fourth-order valence-electron chi connectivity index (χ4n) is 2.06. The topological polar surface area (TPSA) is 44.5 Å². The Morgan fingerprint density at radius 2 is 2.13 bits per heavy atom. The molecule has 86 valence electrons. The molecular formula is C12H21NO2. The van der Waals surface area contributed by atoms with Gasteiger partial charge in [-0.15, -0.1) is 11.8 Å². The van der Waals surface area contributed by atoms with Crippen molar-refractivity contribution in [3.05, 3.63) is 0 Å². The van der Waals surface area contributed by atoms with Crippen molar-refractivity contribution in [3.8, 4) is 11.8 Å². The first-order chi connectivity index (χ1) is 7.25. The Hall–Kier alpha value is -0.560. The second-order valence-electron chi connectivity index (χ2n) is 3.95. The molecule has 1 atom stereocenters. The Labute approximate surface area is 92.3 Å². The zero-order valence-corrected chi connectivity index (χ0v) is 9.71. The zero-order chi connectivity index (χ0) is 11.1. The van der Waals surface area contributed by atoms with Crippen molar-refractivity contribution >= 4 is 0 Å². The van der Waals surface area contributed by atoms with Crippen molar-refractivity contribution < 1.29 is 9.47 Å². The fraction of sp³-hybridized carbons (Fsp3) is 0.833. The molecule has 0 amide bonds. The molecule has 0 aromatic rings. The van der Waals surface area contributed by atoms with Gasteiger partial charge in [0, 0.05) is 45.6 Å². The number of rotatable bonds is 4. The lowest BCUT2D eigenvalue weighted by Gasteiger charge is -2.40. The number of hydrogen-bond donors (Lipinski definition) is 1. The predicted octanol–water partition coefficient (Wildman–Crippen LogP) is 1.31. The summed E-state index contributed by atoms with van der Waals surface area (Å²) in [7, 11) is 1.75. The Morgan fingerprint density at radius 3 is 2.67 bits per heavy atom. The van der Waals surface area contributed by atoms with E-state index >= 15 is 0 Å². The summed E-state index contributed by atoms with van der Waals surface area (Å²) < 4.78 is 11.0. The van der Waals surface area contributed by atoms with Crippen LogP contribution in [0.15, 0.2) is 0 Å². The second-order valence-corrected chi connectivity index (χ2v) is 3.95. The molecule has 1 rings (SSSR count). The maximum absolute atomic E-state index is 6.19. The van der Waals surface area contributed by atoms with Gasteiger partial charge in [-0.25, -0.2) is 0 Å². The van der Waals surface area contributed by atoms with E-state index in [0.29, 0.717) is 0 Å². The summed E-state index contributed by atoms with van der Waals surface area (Å²) >= 11 is 0. The van der Waals surface area contributed by atoms with E-state index in [0.717, 1.165) is 38.9 Å². The molecule has 1 aliphatic heterocycles. The van der Waals surface area contributed by atoms with Gasteiger partial charge in [0.05, 0.1) is 5.60 Å². The molecule has 1 aliphatic rings. The van der Waals surface area contributed by atoms with Crippen molar-refractivity contribution in [3.63, 3.8) is 0 Å². The van der Waals surface area contributed by atoms with Crippen LogP contribution in [0.5, 0.6) is 0 Å². The lowest BCUT2D eigenvalue weighted by Crippen LogP contribution is -2.52. The van der Waals surface area contributed by atoms with Crippen molar-refractivity contribution in [2.24, 2.45) is 5.73 Å². The lowest BCUT2D eigenvalue weighted by atomic mass is 9.84. The van der Waals surface area contributed by atoms with Crippen LogP contribution in [0.1, 0.15) is 32.6 Å². The minimum Gasteiger partial charge on any atom is -0.381 e. The lowest BCUT2D eigenvalue weighted by molar-refractivity contribution is -0.104. The van der Waals surface area contributed by atoms with Crippen LogP contribution in [-0.2, 0) is 9.47 Å². The molecule has 0 aromatic heterocycles. The number of ether oxygens (including phenoxy) is 2. The van der Waals surface area contributed by atoms with E-state index in [2.05, 4.69) is 11.8 Å². The maximum Gasteiger partial charge on any atom is 0.0872 e. The SMILES string of the molecule is CC#CCCC(N)C1(OC)CCOCC1. The van der Waals surface area contributed by atoms with Crippen LogP contribution in [0.3, 0.4) is 0 Å². The molecule has 1 saturated heterocycles. The second kappa shape index (κ2) is 6.12. The predicted molar refractivity (Wildman–Crippen MR) is 60.5 cm³/mol. The largest absolute Gasteiger partial charge is 0.381 e. The van der Waals surface area contributed by atoms with Gasteiger partial charge >= 0.3 is 0 Å². The van der Waals surface area contributed by atoms with Crippen molar-refractivity contribution in [2.45, 2.75) is 44.2 Å². The van der Waals surface area contributed by atoms with Gasteiger partial charge in [-0.1, -0.05) is 0 Å². The highest BCUT2D eigenvalue weighted by Gasteiger charge is 2.38. The molecule has 2 N–H and O–H groups in total. The number of methoxy groups -OCH3 is 1. The standard InChI is InChI=1S/C12H21NO2/c1-3-4-5-6-11(13)12(14-2)7-9-15-10-8-12/h11H,5-10,13H2,1-2H3. The van der Waals surface area contributed by atoms with Gasteiger partial charge in [-0.3, -0.25) is 0 Å². The molecule has 0 radical (unpaired) electrons. The smallest absolute Gasteiger partial charge is 0.0872 e. The normalized spacial score (nSPS) is 21.5. The van der Waals surface area contributed by atoms with E-state index in [1.807, 2.05) is 6.92 Å². The molecule has 0 bridgehead atoms. The van der Waals surface area contributed by atoms with Crippen LogP contribution >= 0.6 is 0 Å². The number of nitrogens with two attached hydrogens (primary N) is 1. The van der Waals surface area contributed by atoms with Crippen molar-refractivity contribution in [2.75, 3.05) is 20.3 Å². The van der Waals surface area contributed by atoms with Crippen molar-refractivity contribution in [1.82, 2.24) is 0 Å². The molecule has 3 nitrogen and oxygen atoms in total.